The van der Waals surface area contributed by atoms with Gasteiger partial charge in [0.05, 0.1) is 14.2 Å². The molecule has 0 amide bonds. The first kappa shape index (κ1) is 13.4. The van der Waals surface area contributed by atoms with Gasteiger partial charge in [0, 0.05) is 6.04 Å². The number of rotatable bonds is 5. The third-order valence-electron chi connectivity index (χ3n) is 3.13. The number of benzene rings is 2. The normalized spacial score (nSPS) is 11.9. The lowest BCUT2D eigenvalue weighted by Crippen LogP contribution is -2.13. The van der Waals surface area contributed by atoms with E-state index < -0.39 is 0 Å². The van der Waals surface area contributed by atoms with Crippen LogP contribution in [0.2, 0.25) is 0 Å². The summed E-state index contributed by atoms with van der Waals surface area (Å²) in [7, 11) is 3.27. The molecule has 2 N–H and O–H groups in total. The first-order chi connectivity index (χ1) is 9.24. The minimum absolute atomic E-state index is 0.0145. The van der Waals surface area contributed by atoms with Gasteiger partial charge in [-0.1, -0.05) is 36.4 Å². The van der Waals surface area contributed by atoms with Gasteiger partial charge in [0.15, 0.2) is 11.5 Å². The molecule has 100 valence electrons. The van der Waals surface area contributed by atoms with Gasteiger partial charge in [-0.05, 0) is 29.7 Å². The van der Waals surface area contributed by atoms with Crippen molar-refractivity contribution in [3.8, 4) is 11.5 Å². The Kier molecular flexibility index (Phi) is 4.42. The van der Waals surface area contributed by atoms with E-state index in [0.717, 1.165) is 29.0 Å². The van der Waals surface area contributed by atoms with Gasteiger partial charge in [-0.2, -0.15) is 0 Å². The highest BCUT2D eigenvalue weighted by atomic mass is 16.5. The predicted molar refractivity (Wildman–Crippen MR) is 76.6 cm³/mol. The lowest BCUT2D eigenvalue weighted by molar-refractivity contribution is 0.354. The molecule has 0 bridgehead atoms. The maximum Gasteiger partial charge on any atom is 0.160 e. The van der Waals surface area contributed by atoms with Crippen molar-refractivity contribution in [3.63, 3.8) is 0 Å². The van der Waals surface area contributed by atoms with Crippen molar-refractivity contribution in [2.24, 2.45) is 5.73 Å². The highest BCUT2D eigenvalue weighted by Gasteiger charge is 2.09. The molecule has 1 atom stereocenters. The fraction of sp³-hybridized carbons (Fsp3) is 0.250. The highest BCUT2D eigenvalue weighted by Crippen LogP contribution is 2.29. The molecule has 2 aromatic carbocycles. The molecule has 0 spiro atoms. The Hall–Kier alpha value is -2.00. The van der Waals surface area contributed by atoms with E-state index in [1.807, 2.05) is 48.5 Å². The van der Waals surface area contributed by atoms with Crippen LogP contribution >= 0.6 is 0 Å². The fourth-order valence-electron chi connectivity index (χ4n) is 2.08. The predicted octanol–water partition coefficient (Wildman–Crippen LogP) is 2.95. The number of methoxy groups -OCH3 is 2. The summed E-state index contributed by atoms with van der Waals surface area (Å²) in [4.78, 5) is 0. The number of hydrogen-bond donors (Lipinski definition) is 1. The molecule has 0 aromatic heterocycles. The second-order valence-electron chi connectivity index (χ2n) is 4.41. The minimum Gasteiger partial charge on any atom is -0.493 e. The summed E-state index contributed by atoms with van der Waals surface area (Å²) >= 11 is 0. The number of ether oxygens (including phenoxy) is 2. The lowest BCUT2D eigenvalue weighted by atomic mass is 9.99. The molecule has 0 aliphatic carbocycles. The summed E-state index contributed by atoms with van der Waals surface area (Å²) in [5.74, 6) is 1.47. The Bertz CT molecular complexity index is 526. The molecule has 0 saturated carbocycles. The topological polar surface area (TPSA) is 44.5 Å². The van der Waals surface area contributed by atoms with Gasteiger partial charge >= 0.3 is 0 Å². The fourth-order valence-corrected chi connectivity index (χ4v) is 2.08. The molecule has 0 fully saturated rings. The van der Waals surface area contributed by atoms with E-state index in [0.29, 0.717) is 0 Å². The van der Waals surface area contributed by atoms with Gasteiger partial charge in [0.25, 0.3) is 0 Å². The van der Waals surface area contributed by atoms with Crippen molar-refractivity contribution in [2.75, 3.05) is 14.2 Å². The van der Waals surface area contributed by atoms with Crippen molar-refractivity contribution < 1.29 is 9.47 Å². The highest BCUT2D eigenvalue weighted by molar-refractivity contribution is 5.43. The second-order valence-corrected chi connectivity index (χ2v) is 4.41. The molecule has 0 saturated heterocycles. The molecule has 0 radical (unpaired) electrons. The molecule has 3 nitrogen and oxygen atoms in total. The first-order valence-electron chi connectivity index (χ1n) is 6.26. The zero-order valence-electron chi connectivity index (χ0n) is 11.3. The minimum atomic E-state index is -0.0145. The van der Waals surface area contributed by atoms with Crippen molar-refractivity contribution in [3.05, 3.63) is 59.7 Å². The molecular weight excluding hydrogens is 238 g/mol. The van der Waals surface area contributed by atoms with Crippen molar-refractivity contribution >= 4 is 0 Å². The van der Waals surface area contributed by atoms with E-state index >= 15 is 0 Å². The average molecular weight is 257 g/mol. The van der Waals surface area contributed by atoms with E-state index in [9.17, 15) is 0 Å². The lowest BCUT2D eigenvalue weighted by Gasteiger charge is -2.14. The van der Waals surface area contributed by atoms with Gasteiger partial charge in [-0.3, -0.25) is 0 Å². The molecule has 0 heterocycles. The molecule has 0 aliphatic rings. The van der Waals surface area contributed by atoms with Crippen LogP contribution in [0.5, 0.6) is 11.5 Å². The summed E-state index contributed by atoms with van der Waals surface area (Å²) in [5.41, 5.74) is 8.49. The van der Waals surface area contributed by atoms with E-state index in [1.165, 1.54) is 0 Å². The summed E-state index contributed by atoms with van der Waals surface area (Å²) in [6.45, 7) is 0. The Balaban J connectivity index is 2.15. The zero-order valence-corrected chi connectivity index (χ0v) is 11.3. The van der Waals surface area contributed by atoms with Crippen LogP contribution in [0.4, 0.5) is 0 Å². The largest absolute Gasteiger partial charge is 0.493 e. The van der Waals surface area contributed by atoms with Gasteiger partial charge in [0.1, 0.15) is 0 Å². The van der Waals surface area contributed by atoms with E-state index in [4.69, 9.17) is 15.2 Å². The van der Waals surface area contributed by atoms with Crippen LogP contribution in [0.1, 0.15) is 17.2 Å². The Labute approximate surface area is 114 Å². The molecule has 2 rings (SSSR count). The Morgan fingerprint density at radius 3 is 2.26 bits per heavy atom. The van der Waals surface area contributed by atoms with Crippen molar-refractivity contribution in [1.82, 2.24) is 0 Å². The van der Waals surface area contributed by atoms with E-state index in [-0.39, 0.29) is 6.04 Å². The van der Waals surface area contributed by atoms with Gasteiger partial charge in [-0.25, -0.2) is 0 Å². The summed E-state index contributed by atoms with van der Waals surface area (Å²) in [5, 5.41) is 0. The molecule has 3 heteroatoms. The van der Waals surface area contributed by atoms with Crippen LogP contribution < -0.4 is 15.2 Å². The van der Waals surface area contributed by atoms with Crippen LogP contribution in [0.25, 0.3) is 0 Å². The second kappa shape index (κ2) is 6.25. The maximum absolute atomic E-state index is 6.22. The number of nitrogens with two attached hydrogens (primary N) is 1. The Morgan fingerprint density at radius 1 is 0.947 bits per heavy atom. The third kappa shape index (κ3) is 3.26. The third-order valence-corrected chi connectivity index (χ3v) is 3.13. The van der Waals surface area contributed by atoms with Crippen molar-refractivity contribution in [2.45, 2.75) is 12.5 Å². The van der Waals surface area contributed by atoms with Crippen LogP contribution in [0.3, 0.4) is 0 Å². The SMILES string of the molecule is COc1ccc(C[C@@H](N)c2ccccc2)cc1OC. The molecule has 0 aliphatic heterocycles. The summed E-state index contributed by atoms with van der Waals surface area (Å²) in [6.07, 6.45) is 0.768. The smallest absolute Gasteiger partial charge is 0.160 e. The van der Waals surface area contributed by atoms with Crippen LogP contribution in [-0.4, -0.2) is 14.2 Å². The Morgan fingerprint density at radius 2 is 1.63 bits per heavy atom. The van der Waals surface area contributed by atoms with E-state index in [1.54, 1.807) is 14.2 Å². The quantitative estimate of drug-likeness (QED) is 0.895. The van der Waals surface area contributed by atoms with Crippen molar-refractivity contribution in [1.29, 1.82) is 0 Å². The van der Waals surface area contributed by atoms with Gasteiger partial charge in [-0.15, -0.1) is 0 Å². The summed E-state index contributed by atoms with van der Waals surface area (Å²) in [6, 6.07) is 16.0. The molecule has 0 unspecified atom stereocenters. The van der Waals surface area contributed by atoms with Gasteiger partial charge < -0.3 is 15.2 Å². The maximum atomic E-state index is 6.22. The average Bonchev–Trinajstić information content (AvgIpc) is 2.48. The number of hydrogen-bond acceptors (Lipinski definition) is 3. The monoisotopic (exact) mass is 257 g/mol. The molecule has 2 aromatic rings. The van der Waals surface area contributed by atoms with Crippen LogP contribution in [0, 0.1) is 0 Å². The standard InChI is InChI=1S/C16H19NO2/c1-18-15-9-8-12(11-16(15)19-2)10-14(17)13-6-4-3-5-7-13/h3-9,11,14H,10,17H2,1-2H3/t14-/m1/s1. The zero-order chi connectivity index (χ0) is 13.7. The first-order valence-corrected chi connectivity index (χ1v) is 6.26. The summed E-state index contributed by atoms with van der Waals surface area (Å²) < 4.78 is 10.5. The van der Waals surface area contributed by atoms with Crippen LogP contribution in [0.15, 0.2) is 48.5 Å². The molecule has 19 heavy (non-hydrogen) atoms. The molecular formula is C16H19NO2. The van der Waals surface area contributed by atoms with Crippen LogP contribution in [-0.2, 0) is 6.42 Å². The van der Waals surface area contributed by atoms with E-state index in [2.05, 4.69) is 0 Å². The van der Waals surface area contributed by atoms with Gasteiger partial charge in [0.2, 0.25) is 0 Å².